The summed E-state index contributed by atoms with van der Waals surface area (Å²) in [6, 6.07) is 22.5. The number of anilines is 1. The van der Waals surface area contributed by atoms with Gasteiger partial charge in [0.1, 0.15) is 23.2 Å². The van der Waals surface area contributed by atoms with E-state index in [0.29, 0.717) is 5.56 Å². The number of hydrogen-bond donors (Lipinski definition) is 0. The quantitative estimate of drug-likeness (QED) is 0.627. The van der Waals surface area contributed by atoms with Crippen molar-refractivity contribution in [2.75, 3.05) is 25.1 Å². The summed E-state index contributed by atoms with van der Waals surface area (Å²) >= 11 is 0. The van der Waals surface area contributed by atoms with Gasteiger partial charge in [-0.25, -0.2) is 4.98 Å². The summed E-state index contributed by atoms with van der Waals surface area (Å²) in [4.78, 5) is 7.20. The number of hydrogen-bond acceptors (Lipinski definition) is 4. The van der Waals surface area contributed by atoms with Crippen LogP contribution < -0.4 is 9.64 Å². The summed E-state index contributed by atoms with van der Waals surface area (Å²) in [6.07, 6.45) is 3.52. The van der Waals surface area contributed by atoms with Crippen LogP contribution in [0.5, 0.6) is 5.75 Å². The van der Waals surface area contributed by atoms with Crippen molar-refractivity contribution < 1.29 is 4.74 Å². The number of methoxy groups -OCH3 is 1. The van der Waals surface area contributed by atoms with E-state index in [0.717, 1.165) is 59.9 Å². The molecule has 1 saturated heterocycles. The van der Waals surface area contributed by atoms with E-state index in [2.05, 4.69) is 23.1 Å². The Morgan fingerprint density at radius 1 is 0.929 bits per heavy atom. The van der Waals surface area contributed by atoms with E-state index in [1.54, 1.807) is 7.11 Å². The topological polar surface area (TPSA) is 49.1 Å². The van der Waals surface area contributed by atoms with Crippen LogP contribution in [0.2, 0.25) is 0 Å². The largest absolute Gasteiger partial charge is 0.497 e. The minimum absolute atomic E-state index is 0.645. The fourth-order valence-electron chi connectivity index (χ4n) is 3.73. The predicted octanol–water partition coefficient (Wildman–Crippen LogP) is 5.29. The molecule has 0 radical (unpaired) electrons. The van der Waals surface area contributed by atoms with Gasteiger partial charge in [-0.3, -0.25) is 0 Å². The monoisotopic (exact) mass is 369 g/mol. The predicted molar refractivity (Wildman–Crippen MR) is 112 cm³/mol. The Morgan fingerprint density at radius 3 is 2.29 bits per heavy atom. The summed E-state index contributed by atoms with van der Waals surface area (Å²) in [5.41, 5.74) is 4.51. The van der Waals surface area contributed by atoms with Crippen molar-refractivity contribution in [3.05, 3.63) is 66.2 Å². The van der Waals surface area contributed by atoms with Gasteiger partial charge in [0.2, 0.25) is 0 Å². The second-order valence-electron chi connectivity index (χ2n) is 7.01. The van der Waals surface area contributed by atoms with Crippen molar-refractivity contribution in [3.8, 4) is 34.2 Å². The second-order valence-corrected chi connectivity index (χ2v) is 7.01. The molecule has 0 unspecified atom stereocenters. The molecule has 2 aromatic carbocycles. The normalized spacial score (nSPS) is 13.8. The van der Waals surface area contributed by atoms with E-state index in [9.17, 15) is 5.26 Å². The molecule has 4 nitrogen and oxygen atoms in total. The first kappa shape index (κ1) is 18.1. The smallest absolute Gasteiger partial charge is 0.147 e. The number of rotatable bonds is 4. The molecule has 140 valence electrons. The summed E-state index contributed by atoms with van der Waals surface area (Å²) in [5, 5.41) is 10.0. The van der Waals surface area contributed by atoms with E-state index < -0.39 is 0 Å². The third kappa shape index (κ3) is 3.57. The first-order valence-electron chi connectivity index (χ1n) is 9.70. The molecule has 0 aliphatic carbocycles. The molecular weight excluding hydrogens is 346 g/mol. The van der Waals surface area contributed by atoms with Crippen LogP contribution in [0.4, 0.5) is 5.82 Å². The van der Waals surface area contributed by atoms with E-state index in [1.807, 2.05) is 48.5 Å². The minimum Gasteiger partial charge on any atom is -0.497 e. The lowest BCUT2D eigenvalue weighted by molar-refractivity contribution is 0.415. The van der Waals surface area contributed by atoms with Crippen molar-refractivity contribution in [2.24, 2.45) is 0 Å². The Morgan fingerprint density at radius 2 is 1.64 bits per heavy atom. The Kier molecular flexibility index (Phi) is 5.25. The Bertz CT molecular complexity index is 985. The average molecular weight is 369 g/mol. The number of aromatic nitrogens is 1. The van der Waals surface area contributed by atoms with Gasteiger partial charge in [-0.05, 0) is 43.0 Å². The highest BCUT2D eigenvalue weighted by Crippen LogP contribution is 2.35. The van der Waals surface area contributed by atoms with Crippen molar-refractivity contribution in [3.63, 3.8) is 0 Å². The number of nitrogens with zero attached hydrogens (tertiary/aromatic N) is 3. The minimum atomic E-state index is 0.645. The van der Waals surface area contributed by atoms with E-state index in [4.69, 9.17) is 9.72 Å². The number of benzene rings is 2. The van der Waals surface area contributed by atoms with Gasteiger partial charge in [-0.15, -0.1) is 0 Å². The number of pyridine rings is 1. The van der Waals surface area contributed by atoms with Crippen molar-refractivity contribution in [1.29, 1.82) is 5.26 Å². The molecule has 3 aromatic rings. The molecule has 0 saturated carbocycles. The van der Waals surface area contributed by atoms with Crippen LogP contribution in [-0.2, 0) is 0 Å². The summed E-state index contributed by atoms with van der Waals surface area (Å²) in [5.74, 6) is 1.60. The highest BCUT2D eigenvalue weighted by atomic mass is 16.5. The molecular formula is C24H23N3O. The number of piperidine rings is 1. The molecule has 4 rings (SSSR count). The maximum absolute atomic E-state index is 10.0. The standard InChI is InChI=1S/C24H23N3O/c1-28-20-12-10-18(11-13-20)21-16-23(19-8-4-2-5-9-19)26-24(22(21)17-25)27-14-6-3-7-15-27/h2,4-5,8-13,16H,3,6-7,14-15H2,1H3. The van der Waals surface area contributed by atoms with E-state index >= 15 is 0 Å². The Hall–Kier alpha value is -3.32. The van der Waals surface area contributed by atoms with E-state index in [1.165, 1.54) is 6.42 Å². The third-order valence-corrected chi connectivity index (χ3v) is 5.24. The summed E-state index contributed by atoms with van der Waals surface area (Å²) < 4.78 is 5.29. The summed E-state index contributed by atoms with van der Waals surface area (Å²) in [6.45, 7) is 1.89. The zero-order valence-electron chi connectivity index (χ0n) is 16.1. The lowest BCUT2D eigenvalue weighted by Crippen LogP contribution is -2.31. The Labute approximate surface area is 166 Å². The molecule has 4 heteroatoms. The zero-order valence-corrected chi connectivity index (χ0v) is 16.1. The summed E-state index contributed by atoms with van der Waals surface area (Å²) in [7, 11) is 1.66. The maximum atomic E-state index is 10.0. The molecule has 2 heterocycles. The van der Waals surface area contributed by atoms with Gasteiger partial charge >= 0.3 is 0 Å². The van der Waals surface area contributed by atoms with Crippen LogP contribution in [-0.4, -0.2) is 25.2 Å². The van der Waals surface area contributed by atoms with Crippen molar-refractivity contribution in [1.82, 2.24) is 4.98 Å². The highest BCUT2D eigenvalue weighted by Gasteiger charge is 2.21. The molecule has 28 heavy (non-hydrogen) atoms. The van der Waals surface area contributed by atoms with Gasteiger partial charge < -0.3 is 9.64 Å². The molecule has 1 aromatic heterocycles. The molecule has 1 fully saturated rings. The van der Waals surface area contributed by atoms with Gasteiger partial charge in [0, 0.05) is 24.2 Å². The molecule has 1 aliphatic heterocycles. The molecule has 0 spiro atoms. The highest BCUT2D eigenvalue weighted by molar-refractivity contribution is 5.81. The zero-order chi connectivity index (χ0) is 19.3. The molecule has 1 aliphatic rings. The third-order valence-electron chi connectivity index (χ3n) is 5.24. The van der Waals surface area contributed by atoms with Gasteiger partial charge in [-0.2, -0.15) is 5.26 Å². The van der Waals surface area contributed by atoms with Gasteiger partial charge in [-0.1, -0.05) is 42.5 Å². The first-order valence-corrected chi connectivity index (χ1v) is 9.70. The van der Waals surface area contributed by atoms with Gasteiger partial charge in [0.25, 0.3) is 0 Å². The average Bonchev–Trinajstić information content (AvgIpc) is 2.79. The lowest BCUT2D eigenvalue weighted by atomic mass is 9.97. The van der Waals surface area contributed by atoms with Crippen LogP contribution in [0.3, 0.4) is 0 Å². The Balaban J connectivity index is 1.90. The lowest BCUT2D eigenvalue weighted by Gasteiger charge is -2.29. The van der Waals surface area contributed by atoms with Crippen molar-refractivity contribution >= 4 is 5.82 Å². The van der Waals surface area contributed by atoms with Crippen LogP contribution >= 0.6 is 0 Å². The van der Waals surface area contributed by atoms with Gasteiger partial charge in [0.05, 0.1) is 12.8 Å². The van der Waals surface area contributed by atoms with Crippen LogP contribution in [0.25, 0.3) is 22.4 Å². The number of nitriles is 1. The maximum Gasteiger partial charge on any atom is 0.147 e. The molecule has 0 N–H and O–H groups in total. The SMILES string of the molecule is COc1ccc(-c2cc(-c3ccccc3)nc(N3CCCCC3)c2C#N)cc1. The van der Waals surface area contributed by atoms with E-state index in [-0.39, 0.29) is 0 Å². The fourth-order valence-corrected chi connectivity index (χ4v) is 3.73. The number of ether oxygens (including phenoxy) is 1. The van der Waals surface area contributed by atoms with Crippen LogP contribution in [0.15, 0.2) is 60.7 Å². The van der Waals surface area contributed by atoms with Crippen LogP contribution in [0.1, 0.15) is 24.8 Å². The van der Waals surface area contributed by atoms with Crippen LogP contribution in [0, 0.1) is 11.3 Å². The van der Waals surface area contributed by atoms with Gasteiger partial charge in [0.15, 0.2) is 0 Å². The van der Waals surface area contributed by atoms with Crippen molar-refractivity contribution in [2.45, 2.75) is 19.3 Å². The molecule has 0 amide bonds. The second kappa shape index (κ2) is 8.14. The molecule has 0 bridgehead atoms. The first-order chi connectivity index (χ1) is 13.8. The molecule has 0 atom stereocenters. The fraction of sp³-hybridized carbons (Fsp3) is 0.250.